The van der Waals surface area contributed by atoms with E-state index >= 15 is 0 Å². The van der Waals surface area contributed by atoms with E-state index in [0.717, 1.165) is 13.0 Å². The molecule has 2 atom stereocenters. The van der Waals surface area contributed by atoms with Gasteiger partial charge in [-0.1, -0.05) is 42.5 Å². The van der Waals surface area contributed by atoms with Crippen LogP contribution in [-0.2, 0) is 4.79 Å². The fraction of sp³-hybridized carbons (Fsp3) is 0.389. The second-order valence-electron chi connectivity index (χ2n) is 5.97. The third-order valence-electron chi connectivity index (χ3n) is 4.40. The van der Waals surface area contributed by atoms with Crippen molar-refractivity contribution in [3.8, 4) is 0 Å². The summed E-state index contributed by atoms with van der Waals surface area (Å²) < 4.78 is 0. The molecular formula is C18H22N2O. The zero-order valence-corrected chi connectivity index (χ0v) is 12.7. The summed E-state index contributed by atoms with van der Waals surface area (Å²) in [5, 5.41) is 6.27. The first-order valence-corrected chi connectivity index (χ1v) is 7.63. The number of nitrogens with zero attached hydrogens (tertiary/aromatic N) is 1. The molecule has 3 rings (SSSR count). The molecule has 2 aromatic rings. The average Bonchev–Trinajstić information content (AvgIpc) is 2.50. The Morgan fingerprint density at radius 3 is 2.76 bits per heavy atom. The number of hydrogen-bond acceptors (Lipinski definition) is 2. The summed E-state index contributed by atoms with van der Waals surface area (Å²) in [7, 11) is 1.89. The SMILES string of the molecule is CC(NC1CCC(=O)N(C)C1)c1cccc2ccccc12. The van der Waals surface area contributed by atoms with Gasteiger partial charge in [0.25, 0.3) is 0 Å². The maximum Gasteiger partial charge on any atom is 0.222 e. The van der Waals surface area contributed by atoms with Crippen LogP contribution >= 0.6 is 0 Å². The summed E-state index contributed by atoms with van der Waals surface area (Å²) in [5.74, 6) is 0.255. The fourth-order valence-electron chi connectivity index (χ4n) is 3.22. The minimum Gasteiger partial charge on any atom is -0.344 e. The lowest BCUT2D eigenvalue weighted by Crippen LogP contribution is -2.47. The van der Waals surface area contributed by atoms with Crippen molar-refractivity contribution in [2.24, 2.45) is 0 Å². The lowest BCUT2D eigenvalue weighted by molar-refractivity contribution is -0.132. The Morgan fingerprint density at radius 2 is 1.95 bits per heavy atom. The fourth-order valence-corrected chi connectivity index (χ4v) is 3.22. The molecule has 21 heavy (non-hydrogen) atoms. The Hall–Kier alpha value is -1.87. The summed E-state index contributed by atoms with van der Waals surface area (Å²) in [6, 6.07) is 15.6. The molecule has 3 heteroatoms. The van der Waals surface area contributed by atoms with Crippen molar-refractivity contribution < 1.29 is 4.79 Å². The van der Waals surface area contributed by atoms with Crippen LogP contribution < -0.4 is 5.32 Å². The standard InChI is InChI=1S/C18H22N2O/c1-13(19-15-10-11-18(21)20(2)12-15)16-9-5-7-14-6-3-4-8-17(14)16/h3-9,13,15,19H,10-12H2,1-2H3. The number of amides is 1. The lowest BCUT2D eigenvalue weighted by atomic mass is 9.97. The number of hydrogen-bond donors (Lipinski definition) is 1. The highest BCUT2D eigenvalue weighted by atomic mass is 16.2. The van der Waals surface area contributed by atoms with Gasteiger partial charge in [0.15, 0.2) is 0 Å². The molecule has 1 saturated heterocycles. The molecule has 0 aromatic heterocycles. The van der Waals surface area contributed by atoms with Gasteiger partial charge in [-0.2, -0.15) is 0 Å². The predicted molar refractivity (Wildman–Crippen MR) is 86.2 cm³/mol. The molecule has 1 heterocycles. The zero-order valence-electron chi connectivity index (χ0n) is 12.7. The molecule has 0 spiro atoms. The molecule has 0 aliphatic carbocycles. The van der Waals surface area contributed by atoms with Crippen molar-refractivity contribution in [3.05, 3.63) is 48.0 Å². The van der Waals surface area contributed by atoms with Gasteiger partial charge in [-0.05, 0) is 29.7 Å². The van der Waals surface area contributed by atoms with E-state index in [9.17, 15) is 4.79 Å². The molecule has 1 amide bonds. The lowest BCUT2D eigenvalue weighted by Gasteiger charge is -2.32. The normalized spacial score (nSPS) is 20.8. The van der Waals surface area contributed by atoms with Crippen LogP contribution in [0.5, 0.6) is 0 Å². The summed E-state index contributed by atoms with van der Waals surface area (Å²) in [6.07, 6.45) is 1.58. The minimum absolute atomic E-state index is 0.255. The molecular weight excluding hydrogens is 260 g/mol. The summed E-state index contributed by atoms with van der Waals surface area (Å²) >= 11 is 0. The summed E-state index contributed by atoms with van der Waals surface area (Å²) in [4.78, 5) is 13.4. The Morgan fingerprint density at radius 1 is 1.19 bits per heavy atom. The van der Waals surface area contributed by atoms with Crippen molar-refractivity contribution in [2.75, 3.05) is 13.6 Å². The van der Waals surface area contributed by atoms with Crippen LogP contribution in [0.3, 0.4) is 0 Å². The molecule has 2 unspecified atom stereocenters. The number of piperidine rings is 1. The van der Waals surface area contributed by atoms with Crippen LogP contribution in [0.1, 0.15) is 31.4 Å². The number of likely N-dealkylation sites (N-methyl/N-ethyl adjacent to an activating group) is 1. The molecule has 1 aliphatic heterocycles. The van der Waals surface area contributed by atoms with Crippen molar-refractivity contribution in [3.63, 3.8) is 0 Å². The van der Waals surface area contributed by atoms with E-state index in [1.54, 1.807) is 0 Å². The van der Waals surface area contributed by atoms with Crippen LogP contribution in [0.4, 0.5) is 0 Å². The van der Waals surface area contributed by atoms with E-state index in [1.165, 1.54) is 16.3 Å². The highest BCUT2D eigenvalue weighted by Crippen LogP contribution is 2.25. The summed E-state index contributed by atoms with van der Waals surface area (Å²) in [5.41, 5.74) is 1.33. The van der Waals surface area contributed by atoms with E-state index in [4.69, 9.17) is 0 Å². The number of carbonyl (C=O) groups excluding carboxylic acids is 1. The summed E-state index contributed by atoms with van der Waals surface area (Å²) in [6.45, 7) is 3.01. The van der Waals surface area contributed by atoms with Gasteiger partial charge >= 0.3 is 0 Å². The molecule has 110 valence electrons. The smallest absolute Gasteiger partial charge is 0.222 e. The molecule has 0 radical (unpaired) electrons. The monoisotopic (exact) mass is 282 g/mol. The van der Waals surface area contributed by atoms with Crippen LogP contribution in [0.25, 0.3) is 10.8 Å². The van der Waals surface area contributed by atoms with E-state index in [1.807, 2.05) is 11.9 Å². The minimum atomic E-state index is 0.255. The number of carbonyl (C=O) groups is 1. The second kappa shape index (κ2) is 5.86. The van der Waals surface area contributed by atoms with Crippen LogP contribution in [-0.4, -0.2) is 30.4 Å². The molecule has 3 nitrogen and oxygen atoms in total. The highest BCUT2D eigenvalue weighted by molar-refractivity contribution is 5.86. The molecule has 2 aromatic carbocycles. The first-order chi connectivity index (χ1) is 10.1. The van der Waals surface area contributed by atoms with Gasteiger partial charge in [0.1, 0.15) is 0 Å². The Kier molecular flexibility index (Phi) is 3.93. The number of nitrogens with one attached hydrogen (secondary N) is 1. The van der Waals surface area contributed by atoms with Gasteiger partial charge < -0.3 is 10.2 Å². The molecule has 1 aliphatic rings. The third-order valence-corrected chi connectivity index (χ3v) is 4.40. The van der Waals surface area contributed by atoms with Gasteiger partial charge in [-0.15, -0.1) is 0 Å². The van der Waals surface area contributed by atoms with Crippen molar-refractivity contribution in [1.29, 1.82) is 0 Å². The van der Waals surface area contributed by atoms with Crippen LogP contribution in [0, 0.1) is 0 Å². The number of benzene rings is 2. The quantitative estimate of drug-likeness (QED) is 0.938. The van der Waals surface area contributed by atoms with Crippen molar-refractivity contribution >= 4 is 16.7 Å². The maximum absolute atomic E-state index is 11.6. The van der Waals surface area contributed by atoms with E-state index in [-0.39, 0.29) is 11.9 Å². The van der Waals surface area contributed by atoms with Gasteiger partial charge in [-0.25, -0.2) is 0 Å². The van der Waals surface area contributed by atoms with Gasteiger partial charge in [0, 0.05) is 32.1 Å². The molecule has 0 bridgehead atoms. The van der Waals surface area contributed by atoms with Crippen molar-refractivity contribution in [1.82, 2.24) is 10.2 Å². The third kappa shape index (κ3) is 2.93. The van der Waals surface area contributed by atoms with Gasteiger partial charge in [0.2, 0.25) is 5.91 Å². The molecule has 1 N–H and O–H groups in total. The maximum atomic E-state index is 11.6. The Bertz CT molecular complexity index is 647. The zero-order chi connectivity index (χ0) is 14.8. The van der Waals surface area contributed by atoms with Crippen molar-refractivity contribution in [2.45, 2.75) is 31.8 Å². The highest BCUT2D eigenvalue weighted by Gasteiger charge is 2.24. The number of likely N-dealkylation sites (tertiary alicyclic amines) is 1. The molecule has 1 fully saturated rings. The average molecular weight is 282 g/mol. The number of rotatable bonds is 3. The topological polar surface area (TPSA) is 32.3 Å². The largest absolute Gasteiger partial charge is 0.344 e. The number of fused-ring (bicyclic) bond motifs is 1. The van der Waals surface area contributed by atoms with E-state index < -0.39 is 0 Å². The van der Waals surface area contributed by atoms with Crippen LogP contribution in [0.15, 0.2) is 42.5 Å². The first-order valence-electron chi connectivity index (χ1n) is 7.63. The Labute approximate surface area is 125 Å². The van der Waals surface area contributed by atoms with Gasteiger partial charge in [-0.3, -0.25) is 4.79 Å². The predicted octanol–water partition coefficient (Wildman–Crippen LogP) is 3.11. The van der Waals surface area contributed by atoms with E-state index in [0.29, 0.717) is 12.5 Å². The molecule has 0 saturated carbocycles. The first kappa shape index (κ1) is 14.1. The van der Waals surface area contributed by atoms with E-state index in [2.05, 4.69) is 54.7 Å². The Balaban J connectivity index is 1.78. The second-order valence-corrected chi connectivity index (χ2v) is 5.97. The van der Waals surface area contributed by atoms with Crippen LogP contribution in [0.2, 0.25) is 0 Å². The van der Waals surface area contributed by atoms with Gasteiger partial charge in [0.05, 0.1) is 0 Å².